The van der Waals surface area contributed by atoms with Gasteiger partial charge in [-0.2, -0.15) is 0 Å². The van der Waals surface area contributed by atoms with Crippen LogP contribution in [0.15, 0.2) is 12.7 Å². The first-order valence-corrected chi connectivity index (χ1v) is 11.1. The molecule has 0 N–H and O–H groups in total. The largest absolute Gasteiger partial charge is 0.325 e. The van der Waals surface area contributed by atoms with E-state index in [4.69, 9.17) is 0 Å². The lowest BCUT2D eigenvalue weighted by Gasteiger charge is -2.28. The fourth-order valence-electron chi connectivity index (χ4n) is 3.53. The van der Waals surface area contributed by atoms with E-state index in [0.29, 0.717) is 0 Å². The topological polar surface area (TPSA) is 0 Å². The van der Waals surface area contributed by atoms with Crippen molar-refractivity contribution < 1.29 is 4.48 Å². The van der Waals surface area contributed by atoms with E-state index in [9.17, 15) is 0 Å². The summed E-state index contributed by atoms with van der Waals surface area (Å²) in [5.74, 6) is 0. The average molecular weight is 339 g/mol. The van der Waals surface area contributed by atoms with Crippen LogP contribution >= 0.6 is 0 Å². The monoisotopic (exact) mass is 338 g/mol. The zero-order valence-electron chi connectivity index (χ0n) is 17.5. The third-order valence-electron chi connectivity index (χ3n) is 5.24. The Morgan fingerprint density at radius 3 is 1.25 bits per heavy atom. The molecule has 0 rings (SSSR count). The standard InChI is InChI=1S/C23H48N/c1-5-7-8-9-10-11-12-13-14-15-16-17-18-19-20-21-23-24(3,4)22-6-2/h6H,2,5,7-23H2,1,3-4H3/q+1. The molecule has 0 aliphatic rings. The normalized spacial score (nSPS) is 11.8. The Balaban J connectivity index is 3.11. The Hall–Kier alpha value is -0.300. The number of nitrogens with zero attached hydrogens (tertiary/aromatic N) is 1. The molecular formula is C23H48N+. The molecule has 0 aliphatic carbocycles. The summed E-state index contributed by atoms with van der Waals surface area (Å²) < 4.78 is 1.10. The van der Waals surface area contributed by atoms with Gasteiger partial charge in [-0.15, -0.1) is 0 Å². The molecule has 0 aromatic rings. The molecule has 0 bridgehead atoms. The van der Waals surface area contributed by atoms with Gasteiger partial charge in [0.15, 0.2) is 0 Å². The SMILES string of the molecule is C=CC[N+](C)(C)CCCCCCCCCCCCCCCCCC. The maximum atomic E-state index is 3.85. The minimum Gasteiger partial charge on any atom is -0.325 e. The van der Waals surface area contributed by atoms with Gasteiger partial charge in [-0.3, -0.25) is 0 Å². The third kappa shape index (κ3) is 18.0. The van der Waals surface area contributed by atoms with Gasteiger partial charge in [0.1, 0.15) is 0 Å². The molecule has 24 heavy (non-hydrogen) atoms. The van der Waals surface area contributed by atoms with Gasteiger partial charge < -0.3 is 4.48 Å². The van der Waals surface area contributed by atoms with Gasteiger partial charge in [-0.1, -0.05) is 103 Å². The molecule has 0 spiro atoms. The maximum Gasteiger partial charge on any atom is 0.0966 e. The van der Waals surface area contributed by atoms with Crippen LogP contribution in [-0.2, 0) is 0 Å². The summed E-state index contributed by atoms with van der Waals surface area (Å²) in [6.45, 7) is 8.54. The van der Waals surface area contributed by atoms with E-state index in [-0.39, 0.29) is 0 Å². The first kappa shape index (κ1) is 23.7. The highest BCUT2D eigenvalue weighted by molar-refractivity contribution is 4.64. The van der Waals surface area contributed by atoms with E-state index >= 15 is 0 Å². The second-order valence-corrected chi connectivity index (χ2v) is 8.43. The molecule has 0 atom stereocenters. The molecule has 144 valence electrons. The number of rotatable bonds is 19. The Labute approximate surface area is 154 Å². The number of hydrogen-bond acceptors (Lipinski definition) is 0. The number of quaternary nitrogens is 1. The Morgan fingerprint density at radius 1 is 0.583 bits per heavy atom. The van der Waals surface area contributed by atoms with E-state index in [1.165, 1.54) is 109 Å². The smallest absolute Gasteiger partial charge is 0.0966 e. The van der Waals surface area contributed by atoms with E-state index in [1.807, 2.05) is 6.08 Å². The van der Waals surface area contributed by atoms with Crippen molar-refractivity contribution in [2.45, 2.75) is 110 Å². The first-order chi connectivity index (χ1) is 11.6. The van der Waals surface area contributed by atoms with Crippen molar-refractivity contribution in [3.05, 3.63) is 12.7 Å². The fraction of sp³-hybridized carbons (Fsp3) is 0.913. The molecule has 0 fully saturated rings. The Bertz CT molecular complexity index is 257. The molecule has 0 aliphatic heterocycles. The van der Waals surface area contributed by atoms with Crippen molar-refractivity contribution in [3.63, 3.8) is 0 Å². The van der Waals surface area contributed by atoms with Crippen molar-refractivity contribution in [1.82, 2.24) is 0 Å². The summed E-state index contributed by atoms with van der Waals surface area (Å²) in [5, 5.41) is 0. The highest BCUT2D eigenvalue weighted by Crippen LogP contribution is 2.14. The van der Waals surface area contributed by atoms with Crippen molar-refractivity contribution in [2.24, 2.45) is 0 Å². The van der Waals surface area contributed by atoms with Crippen LogP contribution in [0.4, 0.5) is 0 Å². The predicted octanol–water partition coefficient (Wildman–Crippen LogP) is 7.51. The summed E-state index contributed by atoms with van der Waals surface area (Å²) in [6.07, 6.45) is 25.2. The summed E-state index contributed by atoms with van der Waals surface area (Å²) in [6, 6.07) is 0. The van der Waals surface area contributed by atoms with Crippen molar-refractivity contribution in [1.29, 1.82) is 0 Å². The molecule has 1 heteroatoms. The molecule has 1 nitrogen and oxygen atoms in total. The lowest BCUT2D eigenvalue weighted by molar-refractivity contribution is -0.884. The zero-order valence-corrected chi connectivity index (χ0v) is 17.5. The molecule has 0 unspecified atom stereocenters. The second-order valence-electron chi connectivity index (χ2n) is 8.43. The quantitative estimate of drug-likeness (QED) is 0.130. The van der Waals surface area contributed by atoms with Crippen molar-refractivity contribution in [2.75, 3.05) is 27.2 Å². The molecule has 0 aromatic heterocycles. The van der Waals surface area contributed by atoms with Gasteiger partial charge >= 0.3 is 0 Å². The Morgan fingerprint density at radius 2 is 0.917 bits per heavy atom. The minimum absolute atomic E-state index is 1.10. The van der Waals surface area contributed by atoms with Gasteiger partial charge in [0.25, 0.3) is 0 Å². The summed E-state index contributed by atoms with van der Waals surface area (Å²) in [7, 11) is 4.62. The highest BCUT2D eigenvalue weighted by Gasteiger charge is 2.10. The van der Waals surface area contributed by atoms with Crippen molar-refractivity contribution >= 4 is 0 Å². The first-order valence-electron chi connectivity index (χ1n) is 11.1. The van der Waals surface area contributed by atoms with Gasteiger partial charge in [0, 0.05) is 0 Å². The fourth-order valence-corrected chi connectivity index (χ4v) is 3.53. The minimum atomic E-state index is 1.10. The summed E-state index contributed by atoms with van der Waals surface area (Å²) in [4.78, 5) is 0. The molecule has 0 radical (unpaired) electrons. The van der Waals surface area contributed by atoms with Crippen LogP contribution in [0.25, 0.3) is 0 Å². The molecule has 0 amide bonds. The number of likely N-dealkylation sites (N-methyl/N-ethyl adjacent to an activating group) is 1. The maximum absolute atomic E-state index is 3.85. The van der Waals surface area contributed by atoms with Gasteiger partial charge in [0.2, 0.25) is 0 Å². The number of unbranched alkanes of at least 4 members (excludes halogenated alkanes) is 15. The van der Waals surface area contributed by atoms with Crippen LogP contribution in [0.2, 0.25) is 0 Å². The highest BCUT2D eigenvalue weighted by atomic mass is 15.3. The molecule has 0 heterocycles. The molecule has 0 aromatic carbocycles. The third-order valence-corrected chi connectivity index (χ3v) is 5.24. The molecular weight excluding hydrogens is 290 g/mol. The van der Waals surface area contributed by atoms with Crippen LogP contribution < -0.4 is 0 Å². The second kappa shape index (κ2) is 17.5. The number of hydrogen-bond donors (Lipinski definition) is 0. The molecule has 0 saturated heterocycles. The summed E-state index contributed by atoms with van der Waals surface area (Å²) in [5.41, 5.74) is 0. The van der Waals surface area contributed by atoms with Crippen molar-refractivity contribution in [3.8, 4) is 0 Å². The van der Waals surface area contributed by atoms with Crippen LogP contribution in [0.3, 0.4) is 0 Å². The van der Waals surface area contributed by atoms with Crippen LogP contribution in [0, 0.1) is 0 Å². The van der Waals surface area contributed by atoms with Gasteiger partial charge in [-0.05, 0) is 18.9 Å². The van der Waals surface area contributed by atoms with Crippen LogP contribution in [-0.4, -0.2) is 31.7 Å². The lowest BCUT2D eigenvalue weighted by Crippen LogP contribution is -2.40. The molecule has 0 saturated carbocycles. The van der Waals surface area contributed by atoms with Gasteiger partial charge in [0.05, 0.1) is 27.2 Å². The van der Waals surface area contributed by atoms with Crippen LogP contribution in [0.1, 0.15) is 110 Å². The van der Waals surface area contributed by atoms with E-state index in [0.717, 1.165) is 11.0 Å². The van der Waals surface area contributed by atoms with E-state index < -0.39 is 0 Å². The predicted molar refractivity (Wildman–Crippen MR) is 112 cm³/mol. The zero-order chi connectivity index (χ0) is 17.9. The van der Waals surface area contributed by atoms with Crippen LogP contribution in [0.5, 0.6) is 0 Å². The van der Waals surface area contributed by atoms with Gasteiger partial charge in [-0.25, -0.2) is 0 Å². The Kier molecular flexibility index (Phi) is 17.3. The van der Waals surface area contributed by atoms with E-state index in [2.05, 4.69) is 27.6 Å². The summed E-state index contributed by atoms with van der Waals surface area (Å²) >= 11 is 0. The van der Waals surface area contributed by atoms with E-state index in [1.54, 1.807) is 0 Å². The lowest BCUT2D eigenvalue weighted by atomic mass is 10.0. The average Bonchev–Trinajstić information content (AvgIpc) is 2.54.